The minimum atomic E-state index is 0.147. The number of allylic oxidation sites excluding steroid dienone is 3. The van der Waals surface area contributed by atoms with Gasteiger partial charge in [-0.05, 0) is 47.6 Å². The Kier molecular flexibility index (Phi) is 4.08. The van der Waals surface area contributed by atoms with Crippen molar-refractivity contribution in [2.24, 2.45) is 0 Å². The highest BCUT2D eigenvalue weighted by molar-refractivity contribution is 5.20. The van der Waals surface area contributed by atoms with Crippen molar-refractivity contribution in [2.75, 3.05) is 0 Å². The zero-order valence-electron chi connectivity index (χ0n) is 9.15. The van der Waals surface area contributed by atoms with Gasteiger partial charge in [0.25, 0.3) is 0 Å². The molecule has 0 aliphatic heterocycles. The molecule has 0 aliphatic carbocycles. The Bertz CT molecular complexity index is 188. The summed E-state index contributed by atoms with van der Waals surface area (Å²) in [6.07, 6.45) is 4.25. The SMILES string of the molecule is C/C=C(\C=C(C)C)NC(C)(C)C. The van der Waals surface area contributed by atoms with Crippen LogP contribution in [-0.2, 0) is 0 Å². The Hall–Kier alpha value is -0.720. The molecule has 1 N–H and O–H groups in total. The van der Waals surface area contributed by atoms with Gasteiger partial charge in [0.2, 0.25) is 0 Å². The molecule has 0 heterocycles. The molecule has 12 heavy (non-hydrogen) atoms. The lowest BCUT2D eigenvalue weighted by Gasteiger charge is -2.23. The van der Waals surface area contributed by atoms with E-state index >= 15 is 0 Å². The van der Waals surface area contributed by atoms with Crippen molar-refractivity contribution in [3.63, 3.8) is 0 Å². The standard InChI is InChI=1S/C11H21N/c1-7-10(8-9(2)3)12-11(4,5)6/h7-8,12H,1-6H3/b10-7+. The van der Waals surface area contributed by atoms with Gasteiger partial charge in [-0.2, -0.15) is 0 Å². The lowest BCUT2D eigenvalue weighted by Crippen LogP contribution is -2.34. The lowest BCUT2D eigenvalue weighted by atomic mass is 10.1. The van der Waals surface area contributed by atoms with Crippen LogP contribution in [0.1, 0.15) is 41.5 Å². The van der Waals surface area contributed by atoms with Gasteiger partial charge in [0.05, 0.1) is 0 Å². The van der Waals surface area contributed by atoms with Gasteiger partial charge in [-0.1, -0.05) is 11.6 Å². The summed E-state index contributed by atoms with van der Waals surface area (Å²) in [5.41, 5.74) is 2.66. The van der Waals surface area contributed by atoms with E-state index in [9.17, 15) is 0 Å². The van der Waals surface area contributed by atoms with Crippen molar-refractivity contribution in [1.82, 2.24) is 5.32 Å². The normalized spacial score (nSPS) is 12.7. The molecule has 0 aromatic rings. The number of rotatable bonds is 2. The molecule has 0 spiro atoms. The first-order valence-electron chi connectivity index (χ1n) is 4.44. The molecule has 0 bridgehead atoms. The van der Waals surface area contributed by atoms with Crippen LogP contribution in [0.15, 0.2) is 23.4 Å². The summed E-state index contributed by atoms with van der Waals surface area (Å²) in [5, 5.41) is 3.42. The summed E-state index contributed by atoms with van der Waals surface area (Å²) in [5.74, 6) is 0. The number of nitrogens with one attached hydrogen (secondary N) is 1. The molecule has 0 rings (SSSR count). The largest absolute Gasteiger partial charge is 0.381 e. The van der Waals surface area contributed by atoms with E-state index in [1.54, 1.807) is 0 Å². The molecular weight excluding hydrogens is 146 g/mol. The highest BCUT2D eigenvalue weighted by atomic mass is 15.0. The predicted octanol–water partition coefficient (Wildman–Crippen LogP) is 3.24. The monoisotopic (exact) mass is 167 g/mol. The topological polar surface area (TPSA) is 12.0 Å². The summed E-state index contributed by atoms with van der Waals surface area (Å²) < 4.78 is 0. The molecule has 0 saturated heterocycles. The van der Waals surface area contributed by atoms with E-state index < -0.39 is 0 Å². The highest BCUT2D eigenvalue weighted by Gasteiger charge is 2.08. The van der Waals surface area contributed by atoms with E-state index in [2.05, 4.69) is 52.1 Å². The van der Waals surface area contributed by atoms with Gasteiger partial charge in [0.15, 0.2) is 0 Å². The van der Waals surface area contributed by atoms with Gasteiger partial charge in [0, 0.05) is 11.2 Å². The first-order valence-corrected chi connectivity index (χ1v) is 4.44. The molecule has 0 aromatic heterocycles. The summed E-state index contributed by atoms with van der Waals surface area (Å²) >= 11 is 0. The minimum absolute atomic E-state index is 0.147. The zero-order chi connectivity index (χ0) is 9.78. The lowest BCUT2D eigenvalue weighted by molar-refractivity contribution is 0.479. The second kappa shape index (κ2) is 4.34. The number of hydrogen-bond donors (Lipinski definition) is 1. The highest BCUT2D eigenvalue weighted by Crippen LogP contribution is 2.06. The summed E-state index contributed by atoms with van der Waals surface area (Å²) in [6, 6.07) is 0. The van der Waals surface area contributed by atoms with Crippen LogP contribution in [0.2, 0.25) is 0 Å². The van der Waals surface area contributed by atoms with E-state index in [-0.39, 0.29) is 5.54 Å². The average Bonchev–Trinajstić information content (AvgIpc) is 1.82. The number of hydrogen-bond acceptors (Lipinski definition) is 1. The van der Waals surface area contributed by atoms with Crippen molar-refractivity contribution in [3.8, 4) is 0 Å². The maximum atomic E-state index is 3.42. The van der Waals surface area contributed by atoms with Crippen LogP contribution in [0.5, 0.6) is 0 Å². The Labute approximate surface area is 76.6 Å². The van der Waals surface area contributed by atoms with Crippen LogP contribution in [-0.4, -0.2) is 5.54 Å². The van der Waals surface area contributed by atoms with Crippen LogP contribution in [0, 0.1) is 0 Å². The quantitative estimate of drug-likeness (QED) is 0.622. The maximum Gasteiger partial charge on any atom is 0.0300 e. The molecule has 0 saturated carbocycles. The van der Waals surface area contributed by atoms with Crippen LogP contribution in [0.25, 0.3) is 0 Å². The third-order valence-electron chi connectivity index (χ3n) is 1.27. The molecule has 0 unspecified atom stereocenters. The van der Waals surface area contributed by atoms with E-state index in [0.29, 0.717) is 0 Å². The Balaban J connectivity index is 4.33. The summed E-state index contributed by atoms with van der Waals surface area (Å²) in [4.78, 5) is 0. The first kappa shape index (κ1) is 11.3. The first-order chi connectivity index (χ1) is 5.35. The molecule has 0 radical (unpaired) electrons. The van der Waals surface area contributed by atoms with Crippen LogP contribution >= 0.6 is 0 Å². The fraction of sp³-hybridized carbons (Fsp3) is 0.636. The molecule has 0 atom stereocenters. The zero-order valence-corrected chi connectivity index (χ0v) is 9.15. The summed E-state index contributed by atoms with van der Waals surface area (Å²) in [7, 11) is 0. The second-order valence-electron chi connectivity index (χ2n) is 4.34. The van der Waals surface area contributed by atoms with E-state index in [4.69, 9.17) is 0 Å². The molecule has 0 aliphatic rings. The molecule has 1 nitrogen and oxygen atoms in total. The van der Waals surface area contributed by atoms with Crippen molar-refractivity contribution < 1.29 is 0 Å². The molecule has 0 aromatic carbocycles. The molecule has 70 valence electrons. The van der Waals surface area contributed by atoms with Gasteiger partial charge in [0.1, 0.15) is 0 Å². The van der Waals surface area contributed by atoms with Gasteiger partial charge in [-0.25, -0.2) is 0 Å². The predicted molar refractivity (Wildman–Crippen MR) is 56.1 cm³/mol. The van der Waals surface area contributed by atoms with Gasteiger partial charge in [-0.15, -0.1) is 0 Å². The van der Waals surface area contributed by atoms with E-state index in [1.165, 1.54) is 11.3 Å². The molecule has 0 amide bonds. The fourth-order valence-electron chi connectivity index (χ4n) is 0.936. The average molecular weight is 167 g/mol. The minimum Gasteiger partial charge on any atom is -0.381 e. The molecular formula is C11H21N. The van der Waals surface area contributed by atoms with Gasteiger partial charge >= 0.3 is 0 Å². The molecule has 1 heteroatoms. The molecule has 0 fully saturated rings. The fourth-order valence-corrected chi connectivity index (χ4v) is 0.936. The maximum absolute atomic E-state index is 3.42. The van der Waals surface area contributed by atoms with Crippen LogP contribution in [0.3, 0.4) is 0 Å². The second-order valence-corrected chi connectivity index (χ2v) is 4.34. The van der Waals surface area contributed by atoms with Crippen molar-refractivity contribution in [2.45, 2.75) is 47.1 Å². The Morgan fingerprint density at radius 2 is 1.67 bits per heavy atom. The summed E-state index contributed by atoms with van der Waals surface area (Å²) in [6.45, 7) is 12.7. The third kappa shape index (κ3) is 6.02. The van der Waals surface area contributed by atoms with Gasteiger partial charge in [-0.3, -0.25) is 0 Å². The third-order valence-corrected chi connectivity index (χ3v) is 1.27. The van der Waals surface area contributed by atoms with E-state index in [0.717, 1.165) is 0 Å². The Morgan fingerprint density at radius 1 is 1.17 bits per heavy atom. The smallest absolute Gasteiger partial charge is 0.0300 e. The van der Waals surface area contributed by atoms with E-state index in [1.807, 2.05) is 6.92 Å². The van der Waals surface area contributed by atoms with Crippen molar-refractivity contribution in [1.29, 1.82) is 0 Å². The van der Waals surface area contributed by atoms with Crippen LogP contribution in [0.4, 0.5) is 0 Å². The van der Waals surface area contributed by atoms with Crippen molar-refractivity contribution >= 4 is 0 Å². The van der Waals surface area contributed by atoms with Crippen molar-refractivity contribution in [3.05, 3.63) is 23.4 Å². The van der Waals surface area contributed by atoms with Gasteiger partial charge < -0.3 is 5.32 Å². The Morgan fingerprint density at radius 3 is 1.92 bits per heavy atom. The van der Waals surface area contributed by atoms with Crippen LogP contribution < -0.4 is 5.32 Å².